The van der Waals surface area contributed by atoms with Crippen molar-refractivity contribution in [2.75, 3.05) is 0 Å². The standard InChI is InChI=1S/C7H13N2O3P/c1-6(2,3)12-5(10)7(4,9-8)13-11/h8H,1-4H3. The normalized spacial score (nSPS) is 16.3. The molecule has 0 fully saturated rings. The summed E-state index contributed by atoms with van der Waals surface area (Å²) >= 11 is 0. The van der Waals surface area contributed by atoms with E-state index in [-0.39, 0.29) is 0 Å². The molecule has 0 spiro atoms. The van der Waals surface area contributed by atoms with Crippen molar-refractivity contribution in [2.45, 2.75) is 38.6 Å². The molecule has 0 aliphatic heterocycles. The zero-order valence-corrected chi connectivity index (χ0v) is 9.01. The molecule has 6 heteroatoms. The molecule has 0 aromatic rings. The summed E-state index contributed by atoms with van der Waals surface area (Å²) in [6, 6.07) is 0. The molecule has 74 valence electrons. The van der Waals surface area contributed by atoms with Gasteiger partial charge in [-0.2, -0.15) is 5.11 Å². The highest BCUT2D eigenvalue weighted by atomic mass is 31.1. The Morgan fingerprint density at radius 3 is 2.08 bits per heavy atom. The lowest BCUT2D eigenvalue weighted by atomic mass is 10.2. The first-order valence-corrected chi connectivity index (χ1v) is 4.53. The zero-order chi connectivity index (χ0) is 10.7. The highest BCUT2D eigenvalue weighted by Gasteiger charge is 2.38. The molecule has 0 aromatic heterocycles. The number of carbonyl (C=O) groups is 1. The third kappa shape index (κ3) is 3.59. The van der Waals surface area contributed by atoms with Crippen LogP contribution in [0.3, 0.4) is 0 Å². The van der Waals surface area contributed by atoms with Crippen molar-refractivity contribution in [3.63, 3.8) is 0 Å². The lowest BCUT2D eigenvalue weighted by Crippen LogP contribution is -2.35. The van der Waals surface area contributed by atoms with Crippen molar-refractivity contribution in [1.82, 2.24) is 0 Å². The molecule has 1 atom stereocenters. The Hall–Kier alpha value is -0.830. The smallest absolute Gasteiger partial charge is 0.348 e. The maximum Gasteiger partial charge on any atom is 0.348 e. The quantitative estimate of drug-likeness (QED) is 0.435. The molecule has 0 heterocycles. The van der Waals surface area contributed by atoms with Gasteiger partial charge in [0.15, 0.2) is 8.46 Å². The Morgan fingerprint density at radius 1 is 1.38 bits per heavy atom. The van der Waals surface area contributed by atoms with Crippen LogP contribution in [0, 0.1) is 5.53 Å². The van der Waals surface area contributed by atoms with Crippen LogP contribution in [-0.2, 0) is 14.1 Å². The minimum atomic E-state index is -1.60. The Labute approximate surface area is 78.6 Å². The van der Waals surface area contributed by atoms with E-state index in [1.807, 2.05) is 0 Å². The Balaban J connectivity index is 4.59. The van der Waals surface area contributed by atoms with Gasteiger partial charge >= 0.3 is 5.97 Å². The summed E-state index contributed by atoms with van der Waals surface area (Å²) in [6.07, 6.45) is 0. The summed E-state index contributed by atoms with van der Waals surface area (Å²) in [5, 5.41) is 1.37. The monoisotopic (exact) mass is 204 g/mol. The van der Waals surface area contributed by atoms with Crippen LogP contribution in [0.5, 0.6) is 0 Å². The average Bonchev–Trinajstić information content (AvgIpc) is 2.00. The number of carbonyl (C=O) groups excluding carboxylic acids is 1. The van der Waals surface area contributed by atoms with Gasteiger partial charge in [-0.05, 0) is 27.7 Å². The zero-order valence-electron chi connectivity index (χ0n) is 8.12. The molecular weight excluding hydrogens is 191 g/mol. The second kappa shape index (κ2) is 3.92. The molecule has 0 aliphatic rings. The fourth-order valence-electron chi connectivity index (χ4n) is 0.478. The average molecular weight is 204 g/mol. The lowest BCUT2D eigenvalue weighted by Gasteiger charge is -2.23. The van der Waals surface area contributed by atoms with E-state index in [1.54, 1.807) is 20.8 Å². The summed E-state index contributed by atoms with van der Waals surface area (Å²) in [5.74, 6) is -0.758. The first-order valence-electron chi connectivity index (χ1n) is 3.72. The van der Waals surface area contributed by atoms with Gasteiger partial charge in [0, 0.05) is 0 Å². The maximum atomic E-state index is 11.3. The number of hydrogen-bond donors (Lipinski definition) is 1. The number of ether oxygens (including phenoxy) is 1. The molecular formula is C7H13N2O3P. The van der Waals surface area contributed by atoms with Gasteiger partial charge < -0.3 is 4.74 Å². The van der Waals surface area contributed by atoms with E-state index >= 15 is 0 Å². The van der Waals surface area contributed by atoms with Gasteiger partial charge in [0.1, 0.15) is 5.60 Å². The fraction of sp³-hybridized carbons (Fsp3) is 0.857. The predicted molar refractivity (Wildman–Crippen MR) is 47.0 cm³/mol. The van der Waals surface area contributed by atoms with Crippen LogP contribution >= 0.6 is 8.46 Å². The topological polar surface area (TPSA) is 79.6 Å². The van der Waals surface area contributed by atoms with Gasteiger partial charge in [0.05, 0.1) is 0 Å². The minimum absolute atomic E-state index is 0.534. The Morgan fingerprint density at radius 2 is 1.85 bits per heavy atom. The molecule has 5 nitrogen and oxygen atoms in total. The number of nitrogens with one attached hydrogen (secondary N) is 1. The highest BCUT2D eigenvalue weighted by molar-refractivity contribution is 7.27. The summed E-state index contributed by atoms with van der Waals surface area (Å²) in [4.78, 5) is 11.3. The molecule has 0 saturated heterocycles. The molecule has 0 bridgehead atoms. The third-order valence-corrected chi connectivity index (χ3v) is 1.82. The van der Waals surface area contributed by atoms with Crippen LogP contribution in [0.1, 0.15) is 27.7 Å². The van der Waals surface area contributed by atoms with Crippen LogP contribution in [0.25, 0.3) is 0 Å². The summed E-state index contributed by atoms with van der Waals surface area (Å²) in [7, 11) is -0.534. The molecule has 0 aliphatic carbocycles. The molecule has 1 N–H and O–H groups in total. The highest BCUT2D eigenvalue weighted by Crippen LogP contribution is 2.27. The van der Waals surface area contributed by atoms with Crippen molar-refractivity contribution in [3.05, 3.63) is 0 Å². The van der Waals surface area contributed by atoms with Crippen LogP contribution in [0.2, 0.25) is 0 Å². The van der Waals surface area contributed by atoms with Crippen molar-refractivity contribution in [1.29, 1.82) is 5.53 Å². The van der Waals surface area contributed by atoms with Crippen molar-refractivity contribution in [2.24, 2.45) is 5.11 Å². The van der Waals surface area contributed by atoms with E-state index in [1.165, 1.54) is 6.92 Å². The molecule has 0 rings (SSSR count). The van der Waals surface area contributed by atoms with E-state index in [0.717, 1.165) is 0 Å². The summed E-state index contributed by atoms with van der Waals surface area (Å²) in [6.45, 7) is 6.35. The lowest BCUT2D eigenvalue weighted by molar-refractivity contribution is -0.157. The van der Waals surface area contributed by atoms with Crippen LogP contribution in [-0.4, -0.2) is 16.9 Å². The molecule has 0 radical (unpaired) electrons. The Kier molecular flexibility index (Phi) is 3.67. The third-order valence-electron chi connectivity index (χ3n) is 1.18. The van der Waals surface area contributed by atoms with Crippen LogP contribution in [0.15, 0.2) is 5.11 Å². The van der Waals surface area contributed by atoms with Gasteiger partial charge in [-0.3, -0.25) is 4.57 Å². The summed E-state index contributed by atoms with van der Waals surface area (Å²) < 4.78 is 15.5. The number of esters is 1. The largest absolute Gasteiger partial charge is 0.458 e. The minimum Gasteiger partial charge on any atom is -0.458 e. The number of nitrogens with zero attached hydrogens (tertiary/aromatic N) is 1. The molecule has 0 saturated carbocycles. The fourth-order valence-corrected chi connectivity index (χ4v) is 0.639. The SMILES string of the molecule is CC(C)(C)OC(=O)C(C)(N=N)P=O. The van der Waals surface area contributed by atoms with Gasteiger partial charge in [0.25, 0.3) is 5.28 Å². The van der Waals surface area contributed by atoms with Crippen molar-refractivity contribution in [3.8, 4) is 0 Å². The second-order valence-corrected chi connectivity index (χ2v) is 4.78. The first-order chi connectivity index (χ1) is 5.75. The van der Waals surface area contributed by atoms with Crippen LogP contribution < -0.4 is 0 Å². The van der Waals surface area contributed by atoms with E-state index in [0.29, 0.717) is 0 Å². The van der Waals surface area contributed by atoms with Crippen LogP contribution in [0.4, 0.5) is 0 Å². The van der Waals surface area contributed by atoms with Gasteiger partial charge in [-0.15, -0.1) is 0 Å². The molecule has 0 amide bonds. The van der Waals surface area contributed by atoms with E-state index < -0.39 is 25.3 Å². The van der Waals surface area contributed by atoms with E-state index in [2.05, 4.69) is 5.11 Å². The first kappa shape index (κ1) is 12.2. The van der Waals surface area contributed by atoms with Gasteiger partial charge in [0.2, 0.25) is 0 Å². The van der Waals surface area contributed by atoms with E-state index in [4.69, 9.17) is 10.3 Å². The molecule has 1 unspecified atom stereocenters. The molecule has 0 aromatic carbocycles. The predicted octanol–water partition coefficient (Wildman–Crippen LogP) is 2.37. The summed E-state index contributed by atoms with van der Waals surface area (Å²) in [5.41, 5.74) is 6.05. The van der Waals surface area contributed by atoms with Gasteiger partial charge in [-0.25, -0.2) is 10.3 Å². The van der Waals surface area contributed by atoms with E-state index in [9.17, 15) is 9.36 Å². The van der Waals surface area contributed by atoms with Crippen molar-refractivity contribution >= 4 is 14.4 Å². The Bertz CT molecular complexity index is 226. The number of rotatable bonds is 3. The van der Waals surface area contributed by atoms with Crippen molar-refractivity contribution < 1.29 is 14.1 Å². The maximum absolute atomic E-state index is 11.3. The second-order valence-electron chi connectivity index (χ2n) is 3.73. The number of hydrogen-bond acceptors (Lipinski definition) is 5. The van der Waals surface area contributed by atoms with Gasteiger partial charge in [-0.1, -0.05) is 0 Å². The molecule has 13 heavy (non-hydrogen) atoms.